The maximum atomic E-state index is 11.9. The van der Waals surface area contributed by atoms with Gasteiger partial charge in [-0.05, 0) is 25.2 Å². The number of nitrogens with one attached hydrogen (secondary N) is 3. The van der Waals surface area contributed by atoms with Crippen molar-refractivity contribution in [2.24, 2.45) is 0 Å². The molecule has 0 aliphatic carbocycles. The number of sulfonamides is 1. The fourth-order valence-corrected chi connectivity index (χ4v) is 3.86. The standard InChI is InChI=1S/C19H22N6O3S/c1-20-29(26,27)15-4-2-13(3-5-15)16-10-17-18(23-7-6-22-17)19(25-16)24-12-14-11-21-8-9-28-14/h2-7,10,14,20-21H,8-9,11-12H2,1H3,(H,24,25). The van der Waals surface area contributed by atoms with E-state index in [1.165, 1.54) is 7.05 Å². The van der Waals surface area contributed by atoms with E-state index in [0.29, 0.717) is 35.7 Å². The molecule has 9 nitrogen and oxygen atoms in total. The van der Waals surface area contributed by atoms with E-state index in [4.69, 9.17) is 9.72 Å². The molecule has 0 radical (unpaired) electrons. The second-order valence-electron chi connectivity index (χ2n) is 6.59. The Morgan fingerprint density at radius 3 is 2.72 bits per heavy atom. The highest BCUT2D eigenvalue weighted by Gasteiger charge is 2.16. The molecular weight excluding hydrogens is 392 g/mol. The van der Waals surface area contributed by atoms with E-state index in [9.17, 15) is 8.42 Å². The maximum Gasteiger partial charge on any atom is 0.240 e. The fraction of sp³-hybridized carbons (Fsp3) is 0.316. The van der Waals surface area contributed by atoms with Gasteiger partial charge in [0.2, 0.25) is 10.0 Å². The number of anilines is 1. The molecule has 1 aliphatic heterocycles. The third-order valence-electron chi connectivity index (χ3n) is 4.69. The number of rotatable bonds is 6. The van der Waals surface area contributed by atoms with Gasteiger partial charge in [-0.15, -0.1) is 0 Å². The average Bonchev–Trinajstić information content (AvgIpc) is 2.78. The topological polar surface area (TPSA) is 118 Å². The van der Waals surface area contributed by atoms with Crippen LogP contribution in [0.3, 0.4) is 0 Å². The first-order chi connectivity index (χ1) is 14.1. The van der Waals surface area contributed by atoms with Gasteiger partial charge in [-0.1, -0.05) is 12.1 Å². The van der Waals surface area contributed by atoms with Crippen molar-refractivity contribution in [1.82, 2.24) is 25.0 Å². The van der Waals surface area contributed by atoms with E-state index >= 15 is 0 Å². The second kappa shape index (κ2) is 8.37. The Labute approximate surface area is 169 Å². The summed E-state index contributed by atoms with van der Waals surface area (Å²) in [6.45, 7) is 2.91. The van der Waals surface area contributed by atoms with Gasteiger partial charge in [0.05, 0.1) is 28.8 Å². The van der Waals surface area contributed by atoms with Gasteiger partial charge in [-0.2, -0.15) is 0 Å². The summed E-state index contributed by atoms with van der Waals surface area (Å²) in [7, 11) is -2.10. The molecule has 29 heavy (non-hydrogen) atoms. The van der Waals surface area contributed by atoms with Crippen molar-refractivity contribution in [3.05, 3.63) is 42.7 Å². The number of hydrogen-bond acceptors (Lipinski definition) is 8. The van der Waals surface area contributed by atoms with Crippen molar-refractivity contribution in [3.63, 3.8) is 0 Å². The Kier molecular flexibility index (Phi) is 5.67. The number of fused-ring (bicyclic) bond motifs is 1. The Balaban J connectivity index is 1.66. The van der Waals surface area contributed by atoms with E-state index < -0.39 is 10.0 Å². The Bertz CT molecular complexity index is 1100. The first-order valence-corrected chi connectivity index (χ1v) is 10.8. The lowest BCUT2D eigenvalue weighted by molar-refractivity contribution is 0.0372. The summed E-state index contributed by atoms with van der Waals surface area (Å²) in [6, 6.07) is 8.41. The first kappa shape index (κ1) is 19.6. The summed E-state index contributed by atoms with van der Waals surface area (Å²) in [6.07, 6.45) is 3.31. The average molecular weight is 414 g/mol. The highest BCUT2D eigenvalue weighted by atomic mass is 32.2. The van der Waals surface area contributed by atoms with Gasteiger partial charge in [0.15, 0.2) is 5.82 Å². The van der Waals surface area contributed by atoms with Crippen LogP contribution in [0, 0.1) is 0 Å². The van der Waals surface area contributed by atoms with Crippen molar-refractivity contribution in [2.45, 2.75) is 11.0 Å². The zero-order valence-electron chi connectivity index (χ0n) is 15.9. The van der Waals surface area contributed by atoms with Crippen molar-refractivity contribution in [1.29, 1.82) is 0 Å². The van der Waals surface area contributed by atoms with Crippen molar-refractivity contribution >= 4 is 26.9 Å². The van der Waals surface area contributed by atoms with Gasteiger partial charge in [0.1, 0.15) is 5.52 Å². The summed E-state index contributed by atoms with van der Waals surface area (Å²) in [5.41, 5.74) is 2.84. The van der Waals surface area contributed by atoms with Crippen LogP contribution in [0.1, 0.15) is 0 Å². The molecule has 0 bridgehead atoms. The van der Waals surface area contributed by atoms with Crippen LogP contribution in [0.25, 0.3) is 22.3 Å². The first-order valence-electron chi connectivity index (χ1n) is 9.29. The molecule has 3 heterocycles. The Hall–Kier alpha value is -2.66. The molecule has 3 aromatic rings. The summed E-state index contributed by atoms with van der Waals surface area (Å²) < 4.78 is 31.9. The molecular formula is C19H22N6O3S. The number of nitrogens with zero attached hydrogens (tertiary/aromatic N) is 3. The molecule has 0 spiro atoms. The van der Waals surface area contributed by atoms with Crippen molar-refractivity contribution in [2.75, 3.05) is 38.6 Å². The number of morpholine rings is 1. The van der Waals surface area contributed by atoms with Crippen LogP contribution < -0.4 is 15.4 Å². The minimum absolute atomic E-state index is 0.0481. The largest absolute Gasteiger partial charge is 0.374 e. The van der Waals surface area contributed by atoms with Crippen LogP contribution in [0.15, 0.2) is 47.6 Å². The number of aromatic nitrogens is 3. The van der Waals surface area contributed by atoms with E-state index in [1.54, 1.807) is 36.7 Å². The highest BCUT2D eigenvalue weighted by molar-refractivity contribution is 7.89. The molecule has 0 saturated carbocycles. The van der Waals surface area contributed by atoms with Crippen LogP contribution in [0.2, 0.25) is 0 Å². The minimum atomic E-state index is -3.49. The molecule has 1 aliphatic rings. The summed E-state index contributed by atoms with van der Waals surface area (Å²) >= 11 is 0. The van der Waals surface area contributed by atoms with Gasteiger partial charge in [-0.25, -0.2) is 23.1 Å². The predicted octanol–water partition coefficient (Wildman–Crippen LogP) is 1.00. The SMILES string of the molecule is CNS(=O)(=O)c1ccc(-c2cc3nccnc3c(NCC3CNCCO3)n2)cc1. The van der Waals surface area contributed by atoms with Gasteiger partial charge in [-0.3, -0.25) is 4.98 Å². The van der Waals surface area contributed by atoms with E-state index in [-0.39, 0.29) is 11.0 Å². The van der Waals surface area contributed by atoms with Gasteiger partial charge < -0.3 is 15.4 Å². The van der Waals surface area contributed by atoms with Crippen LogP contribution in [0.4, 0.5) is 5.82 Å². The predicted molar refractivity (Wildman–Crippen MR) is 110 cm³/mol. The van der Waals surface area contributed by atoms with Crippen LogP contribution in [0.5, 0.6) is 0 Å². The molecule has 1 atom stereocenters. The summed E-state index contributed by atoms with van der Waals surface area (Å²) in [5.74, 6) is 0.617. The van der Waals surface area contributed by atoms with Crippen LogP contribution >= 0.6 is 0 Å². The molecule has 2 aromatic heterocycles. The van der Waals surface area contributed by atoms with Gasteiger partial charge in [0.25, 0.3) is 0 Å². The van der Waals surface area contributed by atoms with Gasteiger partial charge in [0, 0.05) is 37.6 Å². The van der Waals surface area contributed by atoms with E-state index in [1.807, 2.05) is 6.07 Å². The van der Waals surface area contributed by atoms with Crippen LogP contribution in [-0.4, -0.2) is 62.8 Å². The van der Waals surface area contributed by atoms with E-state index in [0.717, 1.165) is 18.7 Å². The zero-order valence-corrected chi connectivity index (χ0v) is 16.7. The molecule has 1 fully saturated rings. The fourth-order valence-electron chi connectivity index (χ4n) is 3.13. The summed E-state index contributed by atoms with van der Waals surface area (Å²) in [4.78, 5) is 13.7. The minimum Gasteiger partial charge on any atom is -0.374 e. The molecule has 0 amide bonds. The van der Waals surface area contributed by atoms with Crippen molar-refractivity contribution in [3.8, 4) is 11.3 Å². The van der Waals surface area contributed by atoms with Gasteiger partial charge >= 0.3 is 0 Å². The monoisotopic (exact) mass is 414 g/mol. The number of benzene rings is 1. The molecule has 1 unspecified atom stereocenters. The molecule has 4 rings (SSSR count). The molecule has 10 heteroatoms. The normalized spacial score (nSPS) is 17.3. The number of pyridine rings is 1. The Morgan fingerprint density at radius 2 is 2.00 bits per heavy atom. The molecule has 1 saturated heterocycles. The lowest BCUT2D eigenvalue weighted by Gasteiger charge is -2.24. The third kappa shape index (κ3) is 4.35. The smallest absolute Gasteiger partial charge is 0.240 e. The molecule has 3 N–H and O–H groups in total. The zero-order chi connectivity index (χ0) is 20.3. The maximum absolute atomic E-state index is 11.9. The molecule has 1 aromatic carbocycles. The quantitative estimate of drug-likeness (QED) is 0.547. The molecule has 152 valence electrons. The number of ether oxygens (including phenoxy) is 1. The lowest BCUT2D eigenvalue weighted by atomic mass is 10.1. The van der Waals surface area contributed by atoms with Crippen LogP contribution in [-0.2, 0) is 14.8 Å². The summed E-state index contributed by atoms with van der Waals surface area (Å²) in [5, 5.41) is 6.63. The second-order valence-corrected chi connectivity index (χ2v) is 8.48. The number of hydrogen-bond donors (Lipinski definition) is 3. The van der Waals surface area contributed by atoms with E-state index in [2.05, 4.69) is 25.3 Å². The lowest BCUT2D eigenvalue weighted by Crippen LogP contribution is -2.42. The Morgan fingerprint density at radius 1 is 1.21 bits per heavy atom. The van der Waals surface area contributed by atoms with Crippen molar-refractivity contribution < 1.29 is 13.2 Å². The highest BCUT2D eigenvalue weighted by Crippen LogP contribution is 2.26. The third-order valence-corrected chi connectivity index (χ3v) is 6.12.